The maximum Gasteiger partial charge on any atom is 0.143 e. The van der Waals surface area contributed by atoms with Crippen LogP contribution in [0.1, 0.15) is 25.8 Å². The Morgan fingerprint density at radius 1 is 1.06 bits per heavy atom. The minimum absolute atomic E-state index is 0.153. The number of piperazine rings is 1. The minimum atomic E-state index is 0.153. The molecule has 0 amide bonds. The molecule has 6 heteroatoms. The van der Waals surface area contributed by atoms with Gasteiger partial charge in [0.1, 0.15) is 18.5 Å². The van der Waals surface area contributed by atoms with Crippen LogP contribution in [-0.2, 0) is 0 Å². The Morgan fingerprint density at radius 2 is 1.79 bits per heavy atom. The molecule has 0 bridgehead atoms. The molecule has 6 nitrogen and oxygen atoms in total. The van der Waals surface area contributed by atoms with Gasteiger partial charge in [-0.1, -0.05) is 12.1 Å². The highest BCUT2D eigenvalue weighted by Crippen LogP contribution is 2.43. The Morgan fingerprint density at radius 3 is 2.45 bits per heavy atom. The van der Waals surface area contributed by atoms with Crippen LogP contribution in [0.5, 0.6) is 5.75 Å². The average Bonchev–Trinajstić information content (AvgIpc) is 3.15. The smallest absolute Gasteiger partial charge is 0.143 e. The zero-order valence-electron chi connectivity index (χ0n) is 20.3. The molecule has 1 unspecified atom stereocenters. The predicted octanol–water partition coefficient (Wildman–Crippen LogP) is 3.89. The number of aliphatic hydroxyl groups excluding tert-OH is 1. The number of ether oxygens (including phenoxy) is 1. The van der Waals surface area contributed by atoms with Crippen LogP contribution in [0.15, 0.2) is 48.3 Å². The number of rotatable bonds is 5. The Bertz CT molecular complexity index is 1030. The third-order valence-corrected chi connectivity index (χ3v) is 7.44. The molecule has 1 atom stereocenters. The molecular weight excluding hydrogens is 412 g/mol. The van der Waals surface area contributed by atoms with Crippen LogP contribution in [0.2, 0.25) is 0 Å². The molecule has 5 rings (SSSR count). The molecule has 0 aliphatic carbocycles. The maximum absolute atomic E-state index is 9.39. The van der Waals surface area contributed by atoms with Gasteiger partial charge in [0.05, 0.1) is 5.69 Å². The molecule has 3 aliphatic rings. The molecule has 2 aromatic rings. The highest BCUT2D eigenvalue weighted by molar-refractivity contribution is 5.77. The lowest BCUT2D eigenvalue weighted by Gasteiger charge is -2.38. The third kappa shape index (κ3) is 4.06. The van der Waals surface area contributed by atoms with Crippen molar-refractivity contribution < 1.29 is 9.84 Å². The molecular formula is C27H36N4O2. The summed E-state index contributed by atoms with van der Waals surface area (Å²) >= 11 is 0. The van der Waals surface area contributed by atoms with E-state index in [9.17, 15) is 5.11 Å². The molecule has 1 N–H and O–H groups in total. The molecule has 0 spiro atoms. The van der Waals surface area contributed by atoms with E-state index in [4.69, 9.17) is 4.74 Å². The van der Waals surface area contributed by atoms with Crippen molar-refractivity contribution in [2.45, 2.75) is 39.4 Å². The van der Waals surface area contributed by atoms with E-state index in [-0.39, 0.29) is 12.8 Å². The van der Waals surface area contributed by atoms with Crippen molar-refractivity contribution in [1.29, 1.82) is 0 Å². The molecule has 0 aromatic heterocycles. The van der Waals surface area contributed by atoms with Crippen LogP contribution in [0.4, 0.5) is 11.4 Å². The molecule has 176 valence electrons. The summed E-state index contributed by atoms with van der Waals surface area (Å²) in [5.74, 6) is 0.927. The van der Waals surface area contributed by atoms with Gasteiger partial charge in [0.15, 0.2) is 0 Å². The molecule has 33 heavy (non-hydrogen) atoms. The van der Waals surface area contributed by atoms with Crippen molar-refractivity contribution in [2.75, 3.05) is 56.2 Å². The second-order valence-electron chi connectivity index (χ2n) is 9.70. The first-order valence-corrected chi connectivity index (χ1v) is 12.2. The average molecular weight is 449 g/mol. The zero-order valence-corrected chi connectivity index (χ0v) is 20.3. The summed E-state index contributed by atoms with van der Waals surface area (Å²) in [6.07, 6.45) is 2.98. The summed E-state index contributed by atoms with van der Waals surface area (Å²) < 4.78 is 6.21. The standard InChI is InChI=1S/C27H36N4O2/c1-19(2)29-10-12-30(13-11-29)22-7-5-21(6-8-22)24-16-26-25(15-20(24)3)31-17-23(9-14-32)28(4)27(31)18-33-26/h5-8,15-17,19,27,32H,9-14,18H2,1-4H3. The Labute approximate surface area is 197 Å². The summed E-state index contributed by atoms with van der Waals surface area (Å²) in [5.41, 5.74) is 7.23. The number of benzene rings is 2. The maximum atomic E-state index is 9.39. The Hall–Kier alpha value is -2.70. The molecule has 2 aromatic carbocycles. The third-order valence-electron chi connectivity index (χ3n) is 7.44. The van der Waals surface area contributed by atoms with Gasteiger partial charge in [0.25, 0.3) is 0 Å². The Kier molecular flexibility index (Phi) is 5.97. The van der Waals surface area contributed by atoms with E-state index in [1.54, 1.807) is 0 Å². The van der Waals surface area contributed by atoms with Crippen LogP contribution in [0.3, 0.4) is 0 Å². The fraction of sp³-hybridized carbons (Fsp3) is 0.481. The first-order chi connectivity index (χ1) is 16.0. The van der Waals surface area contributed by atoms with Crippen molar-refractivity contribution in [2.24, 2.45) is 0 Å². The van der Waals surface area contributed by atoms with E-state index < -0.39 is 0 Å². The zero-order chi connectivity index (χ0) is 23.1. The van der Waals surface area contributed by atoms with Crippen molar-refractivity contribution in [3.8, 4) is 16.9 Å². The topological polar surface area (TPSA) is 42.4 Å². The van der Waals surface area contributed by atoms with Gasteiger partial charge >= 0.3 is 0 Å². The summed E-state index contributed by atoms with van der Waals surface area (Å²) in [6, 6.07) is 14.1. The molecule has 1 saturated heterocycles. The lowest BCUT2D eigenvalue weighted by molar-refractivity contribution is 0.185. The SMILES string of the molecule is Cc1cc2c(cc1-c1ccc(N3CCN(C(C)C)CC3)cc1)OCC1N(C)C(CCO)=CN21. The first kappa shape index (κ1) is 22.1. The molecule has 3 aliphatic heterocycles. The van der Waals surface area contributed by atoms with E-state index in [0.29, 0.717) is 19.1 Å². The summed E-state index contributed by atoms with van der Waals surface area (Å²) in [6.45, 7) is 11.9. The lowest BCUT2D eigenvalue weighted by Crippen LogP contribution is -2.48. The van der Waals surface area contributed by atoms with E-state index in [1.807, 2.05) is 0 Å². The molecule has 0 radical (unpaired) electrons. The van der Waals surface area contributed by atoms with Gasteiger partial charge in [-0.15, -0.1) is 0 Å². The van der Waals surface area contributed by atoms with Crippen molar-refractivity contribution in [3.63, 3.8) is 0 Å². The monoisotopic (exact) mass is 448 g/mol. The van der Waals surface area contributed by atoms with E-state index >= 15 is 0 Å². The van der Waals surface area contributed by atoms with Crippen LogP contribution in [0, 0.1) is 6.92 Å². The predicted molar refractivity (Wildman–Crippen MR) is 135 cm³/mol. The molecule has 1 fully saturated rings. The van der Waals surface area contributed by atoms with Crippen LogP contribution >= 0.6 is 0 Å². The second-order valence-corrected chi connectivity index (χ2v) is 9.70. The lowest BCUT2D eigenvalue weighted by atomic mass is 9.98. The van der Waals surface area contributed by atoms with Crippen molar-refractivity contribution in [3.05, 3.63) is 53.9 Å². The van der Waals surface area contributed by atoms with Gasteiger partial charge in [-0.3, -0.25) is 4.90 Å². The fourth-order valence-electron chi connectivity index (χ4n) is 5.31. The van der Waals surface area contributed by atoms with Gasteiger partial charge in [0, 0.05) is 69.9 Å². The van der Waals surface area contributed by atoms with Gasteiger partial charge in [-0.25, -0.2) is 0 Å². The number of aryl methyl sites for hydroxylation is 1. The quantitative estimate of drug-likeness (QED) is 0.749. The minimum Gasteiger partial charge on any atom is -0.487 e. The molecule has 3 heterocycles. The highest BCUT2D eigenvalue weighted by atomic mass is 16.5. The second kappa shape index (κ2) is 8.92. The number of hydrogen-bond acceptors (Lipinski definition) is 6. The van der Waals surface area contributed by atoms with E-state index in [0.717, 1.165) is 43.3 Å². The number of anilines is 2. The van der Waals surface area contributed by atoms with Crippen LogP contribution < -0.4 is 14.5 Å². The number of fused-ring (bicyclic) bond motifs is 3. The van der Waals surface area contributed by atoms with Crippen LogP contribution in [-0.4, -0.2) is 73.6 Å². The van der Waals surface area contributed by atoms with Crippen molar-refractivity contribution >= 4 is 11.4 Å². The first-order valence-electron chi connectivity index (χ1n) is 12.2. The summed E-state index contributed by atoms with van der Waals surface area (Å²) in [7, 11) is 2.08. The normalized spacial score (nSPS) is 20.6. The fourth-order valence-corrected chi connectivity index (χ4v) is 5.31. The summed E-state index contributed by atoms with van der Waals surface area (Å²) in [4.78, 5) is 9.54. The number of nitrogens with zero attached hydrogens (tertiary/aromatic N) is 4. The van der Waals surface area contributed by atoms with Gasteiger partial charge in [-0.2, -0.15) is 0 Å². The molecule has 0 saturated carbocycles. The summed E-state index contributed by atoms with van der Waals surface area (Å²) in [5, 5.41) is 9.39. The van der Waals surface area contributed by atoms with Crippen LogP contribution in [0.25, 0.3) is 11.1 Å². The van der Waals surface area contributed by atoms with Gasteiger partial charge in [-0.05, 0) is 61.7 Å². The largest absolute Gasteiger partial charge is 0.487 e. The highest BCUT2D eigenvalue weighted by Gasteiger charge is 2.35. The Balaban J connectivity index is 1.36. The van der Waals surface area contributed by atoms with Gasteiger partial charge in [0.2, 0.25) is 0 Å². The number of aliphatic hydroxyl groups is 1. The van der Waals surface area contributed by atoms with E-state index in [1.165, 1.54) is 22.4 Å². The van der Waals surface area contributed by atoms with Crippen molar-refractivity contribution in [1.82, 2.24) is 9.80 Å². The van der Waals surface area contributed by atoms with Gasteiger partial charge < -0.3 is 24.5 Å². The number of likely N-dealkylation sites (N-methyl/N-ethyl adjacent to an activating group) is 1. The van der Waals surface area contributed by atoms with E-state index in [2.05, 4.69) is 90.0 Å². The number of hydrogen-bond donors (Lipinski definition) is 1.